The summed E-state index contributed by atoms with van der Waals surface area (Å²) in [7, 11) is 1.75. The Hall–Kier alpha value is -1.29. The zero-order valence-corrected chi connectivity index (χ0v) is 7.68. The molecular formula is C8H7B2N2O2. The highest BCUT2D eigenvalue weighted by atomic mass is 16.6. The summed E-state index contributed by atoms with van der Waals surface area (Å²) in [5, 5.41) is 0. The van der Waals surface area contributed by atoms with E-state index in [2.05, 4.69) is 9.98 Å². The minimum Gasteiger partial charge on any atom is -0.544 e. The van der Waals surface area contributed by atoms with E-state index in [1.165, 1.54) is 0 Å². The molecule has 3 rings (SSSR count). The van der Waals surface area contributed by atoms with Gasteiger partial charge in [0.15, 0.2) is 11.6 Å². The predicted molar refractivity (Wildman–Crippen MR) is 53.5 cm³/mol. The first-order valence-corrected chi connectivity index (χ1v) is 4.49. The maximum absolute atomic E-state index is 5.23. The van der Waals surface area contributed by atoms with Crippen LogP contribution in [0.4, 0.5) is 5.82 Å². The fraction of sp³-hybridized carbons (Fsp3) is 0.250. The van der Waals surface area contributed by atoms with E-state index < -0.39 is 0 Å². The second-order valence-electron chi connectivity index (χ2n) is 3.42. The van der Waals surface area contributed by atoms with Gasteiger partial charge in [-0.05, 0) is 18.6 Å². The molecule has 1 atom stereocenters. The molecule has 6 heteroatoms. The molecule has 4 nitrogen and oxygen atoms in total. The van der Waals surface area contributed by atoms with Gasteiger partial charge in [-0.25, -0.2) is 9.98 Å². The Labute approximate surface area is 82.7 Å². The van der Waals surface area contributed by atoms with Crippen LogP contribution in [0.15, 0.2) is 23.3 Å². The van der Waals surface area contributed by atoms with Crippen molar-refractivity contribution in [2.75, 3.05) is 0 Å². The average molecular weight is 185 g/mol. The second-order valence-corrected chi connectivity index (χ2v) is 3.42. The van der Waals surface area contributed by atoms with Crippen molar-refractivity contribution in [2.24, 2.45) is 4.99 Å². The Morgan fingerprint density at radius 3 is 3.07 bits per heavy atom. The van der Waals surface area contributed by atoms with Gasteiger partial charge in [0.25, 0.3) is 0 Å². The van der Waals surface area contributed by atoms with Gasteiger partial charge in [0.05, 0.1) is 5.90 Å². The molecule has 0 N–H and O–H groups in total. The maximum atomic E-state index is 5.23. The highest BCUT2D eigenvalue weighted by molar-refractivity contribution is 7.04. The normalized spacial score (nSPS) is 25.6. The monoisotopic (exact) mass is 185 g/mol. The summed E-state index contributed by atoms with van der Waals surface area (Å²) in [5.41, 5.74) is 1.13. The number of pyridine rings is 1. The zero-order valence-electron chi connectivity index (χ0n) is 7.68. The Morgan fingerprint density at radius 2 is 2.43 bits per heavy atom. The van der Waals surface area contributed by atoms with Crippen molar-refractivity contribution in [3.05, 3.63) is 23.9 Å². The van der Waals surface area contributed by atoms with E-state index in [1.807, 2.05) is 19.1 Å². The van der Waals surface area contributed by atoms with Crippen LogP contribution in [0.1, 0.15) is 5.56 Å². The third-order valence-corrected chi connectivity index (χ3v) is 2.15. The largest absolute Gasteiger partial charge is 0.544 e. The van der Waals surface area contributed by atoms with Gasteiger partial charge >= 0.3 is 14.4 Å². The van der Waals surface area contributed by atoms with E-state index in [-0.39, 0.29) is 12.8 Å². The Kier molecular flexibility index (Phi) is 1.64. The number of nitrogens with zero attached hydrogens (tertiary/aromatic N) is 2. The fourth-order valence-corrected chi connectivity index (χ4v) is 1.22. The zero-order chi connectivity index (χ0) is 9.54. The summed E-state index contributed by atoms with van der Waals surface area (Å²) >= 11 is 0. The van der Waals surface area contributed by atoms with Crippen molar-refractivity contribution >= 4 is 26.0 Å². The fourth-order valence-electron chi connectivity index (χ4n) is 1.22. The average Bonchev–Trinajstić information content (AvgIpc) is 2.99. The van der Waals surface area contributed by atoms with Crippen LogP contribution in [0.2, 0.25) is 0 Å². The first kappa shape index (κ1) is 8.05. The van der Waals surface area contributed by atoms with E-state index in [0.29, 0.717) is 5.82 Å². The third-order valence-electron chi connectivity index (χ3n) is 2.15. The second kappa shape index (κ2) is 2.85. The van der Waals surface area contributed by atoms with Gasteiger partial charge in [0.2, 0.25) is 0 Å². The predicted octanol–water partition coefficient (Wildman–Crippen LogP) is 0.496. The van der Waals surface area contributed by atoms with Crippen LogP contribution in [0.25, 0.3) is 0 Å². The van der Waals surface area contributed by atoms with Crippen LogP contribution in [-0.2, 0) is 9.31 Å². The first-order valence-electron chi connectivity index (χ1n) is 4.49. The molecule has 1 radical (unpaired) electrons. The minimum absolute atomic E-state index is 0.0399. The molecule has 2 saturated heterocycles. The highest BCUT2D eigenvalue weighted by Gasteiger charge is 2.56. The standard InChI is InChI=1S/C8H7B2N2O2/c1-5-2-3-6(11-4-5)12-8-10(14-8)7-9-13-7/h2-4,7H,1H3. The molecule has 0 aromatic carbocycles. The number of hydrogen-bond acceptors (Lipinski definition) is 4. The molecule has 1 aromatic heterocycles. The lowest BCUT2D eigenvalue weighted by Crippen LogP contribution is -2.04. The van der Waals surface area contributed by atoms with Gasteiger partial charge in [-0.3, -0.25) is 0 Å². The lowest BCUT2D eigenvalue weighted by Gasteiger charge is -1.90. The smallest absolute Gasteiger partial charge is 0.474 e. The summed E-state index contributed by atoms with van der Waals surface area (Å²) in [4.78, 5) is 8.39. The molecule has 0 aliphatic carbocycles. The van der Waals surface area contributed by atoms with E-state index >= 15 is 0 Å². The number of aromatic nitrogens is 1. The number of hydrogen-bond donors (Lipinski definition) is 0. The van der Waals surface area contributed by atoms with Crippen molar-refractivity contribution < 1.29 is 9.31 Å². The third kappa shape index (κ3) is 1.53. The molecule has 0 bridgehead atoms. The topological polar surface area (TPSA) is 50.3 Å². The Balaban J connectivity index is 1.75. The molecule has 0 amide bonds. The van der Waals surface area contributed by atoms with Crippen molar-refractivity contribution in [1.29, 1.82) is 0 Å². The number of aryl methyl sites for hydroxylation is 1. The van der Waals surface area contributed by atoms with Gasteiger partial charge in [-0.1, -0.05) is 6.07 Å². The summed E-state index contributed by atoms with van der Waals surface area (Å²) < 4.78 is 10.2. The van der Waals surface area contributed by atoms with Crippen LogP contribution < -0.4 is 0 Å². The van der Waals surface area contributed by atoms with Gasteiger partial charge in [0, 0.05) is 6.20 Å². The van der Waals surface area contributed by atoms with E-state index in [1.54, 1.807) is 13.7 Å². The summed E-state index contributed by atoms with van der Waals surface area (Å²) in [6.07, 6.45) is 1.79. The molecule has 3 heterocycles. The minimum atomic E-state index is 0.0399. The molecule has 2 fully saturated rings. The van der Waals surface area contributed by atoms with Crippen LogP contribution >= 0.6 is 0 Å². The van der Waals surface area contributed by atoms with Crippen LogP contribution in [0, 0.1) is 6.92 Å². The van der Waals surface area contributed by atoms with E-state index in [0.717, 1.165) is 11.4 Å². The Bertz CT molecular complexity index is 389. The van der Waals surface area contributed by atoms with Crippen molar-refractivity contribution in [2.45, 2.75) is 12.8 Å². The van der Waals surface area contributed by atoms with Crippen molar-refractivity contribution in [3.63, 3.8) is 0 Å². The molecule has 2 aliphatic heterocycles. The van der Waals surface area contributed by atoms with Crippen LogP contribution in [0.5, 0.6) is 0 Å². The van der Waals surface area contributed by atoms with E-state index in [4.69, 9.17) is 9.31 Å². The molecular weight excluding hydrogens is 178 g/mol. The van der Waals surface area contributed by atoms with Crippen molar-refractivity contribution in [3.8, 4) is 0 Å². The summed E-state index contributed by atoms with van der Waals surface area (Å²) in [5.74, 6) is 1.54. The number of rotatable bonds is 2. The quantitative estimate of drug-likeness (QED) is 0.497. The van der Waals surface area contributed by atoms with Crippen molar-refractivity contribution in [1.82, 2.24) is 4.98 Å². The molecule has 2 aliphatic rings. The Morgan fingerprint density at radius 1 is 1.57 bits per heavy atom. The summed E-state index contributed by atoms with van der Waals surface area (Å²) in [6.45, 7) is 2.03. The van der Waals surface area contributed by atoms with Gasteiger partial charge in [0.1, 0.15) is 0 Å². The summed E-state index contributed by atoms with van der Waals surface area (Å²) in [6, 6.07) is 3.85. The molecule has 1 unspecified atom stereocenters. The number of aliphatic imine (C=N–C) groups is 1. The SMILES string of the molecule is Cc1ccc(N=C2OB2C2[B]O2)nc1. The van der Waals surface area contributed by atoms with Gasteiger partial charge < -0.3 is 9.31 Å². The molecule has 14 heavy (non-hydrogen) atoms. The van der Waals surface area contributed by atoms with Crippen LogP contribution in [0.3, 0.4) is 0 Å². The maximum Gasteiger partial charge on any atom is 0.474 e. The molecule has 1 aromatic rings. The first-order chi connectivity index (χ1) is 6.83. The highest BCUT2D eigenvalue weighted by Crippen LogP contribution is 2.25. The molecule has 0 spiro atoms. The molecule has 67 valence electrons. The lowest BCUT2D eigenvalue weighted by atomic mass is 9.65. The molecule has 0 saturated carbocycles. The van der Waals surface area contributed by atoms with Gasteiger partial charge in [-0.15, -0.1) is 0 Å². The van der Waals surface area contributed by atoms with Crippen LogP contribution in [-0.4, -0.2) is 31.1 Å². The lowest BCUT2D eigenvalue weighted by molar-refractivity contribution is 0.513. The van der Waals surface area contributed by atoms with Gasteiger partial charge in [-0.2, -0.15) is 0 Å². The van der Waals surface area contributed by atoms with E-state index in [9.17, 15) is 0 Å².